The summed E-state index contributed by atoms with van der Waals surface area (Å²) in [6, 6.07) is 4.47. The lowest BCUT2D eigenvalue weighted by atomic mass is 10.4. The summed E-state index contributed by atoms with van der Waals surface area (Å²) < 4.78 is 0. The molecule has 1 aromatic heterocycles. The predicted octanol–water partition coefficient (Wildman–Crippen LogP) is 0.942. The lowest BCUT2D eigenvalue weighted by molar-refractivity contribution is 1.11. The Bertz CT molecular complexity index is 252. The van der Waals surface area contributed by atoms with Crippen LogP contribution in [0.5, 0.6) is 0 Å². The fourth-order valence-corrected chi connectivity index (χ4v) is 1.00. The van der Waals surface area contributed by atoms with Crippen molar-refractivity contribution in [1.82, 2.24) is 4.98 Å². The van der Waals surface area contributed by atoms with Crippen LogP contribution in [0, 0.1) is 0 Å². The van der Waals surface area contributed by atoms with Crippen molar-refractivity contribution < 1.29 is 0 Å². The molecule has 4 nitrogen and oxygen atoms in total. The molecule has 4 heteroatoms. The zero-order valence-electron chi connectivity index (χ0n) is 6.75. The van der Waals surface area contributed by atoms with Crippen LogP contribution in [-0.4, -0.2) is 11.0 Å². The Kier molecular flexibility index (Phi) is 1.83. The molecule has 1 fully saturated rings. The monoisotopic (exact) mass is 164 g/mol. The number of nitrogen functional groups attached to an aromatic ring is 1. The van der Waals surface area contributed by atoms with Gasteiger partial charge in [0.25, 0.3) is 0 Å². The lowest BCUT2D eigenvalue weighted by Gasteiger charge is -2.03. The number of anilines is 2. The van der Waals surface area contributed by atoms with Gasteiger partial charge in [0, 0.05) is 6.04 Å². The van der Waals surface area contributed by atoms with Crippen molar-refractivity contribution in [1.29, 1.82) is 0 Å². The highest BCUT2D eigenvalue weighted by atomic mass is 15.2. The van der Waals surface area contributed by atoms with E-state index in [0.717, 1.165) is 11.5 Å². The largest absolute Gasteiger partial charge is 0.367 e. The molecule has 0 unspecified atom stereocenters. The fourth-order valence-electron chi connectivity index (χ4n) is 1.00. The van der Waals surface area contributed by atoms with E-state index in [-0.39, 0.29) is 0 Å². The van der Waals surface area contributed by atoms with Gasteiger partial charge in [-0.05, 0) is 25.0 Å². The second kappa shape index (κ2) is 2.98. The number of hydrogen-bond donors (Lipinski definition) is 3. The summed E-state index contributed by atoms with van der Waals surface area (Å²) in [5, 5.41) is 3.29. The van der Waals surface area contributed by atoms with Crippen LogP contribution in [0.25, 0.3) is 0 Å². The van der Waals surface area contributed by atoms with Gasteiger partial charge >= 0.3 is 0 Å². The van der Waals surface area contributed by atoms with Crippen LogP contribution in [-0.2, 0) is 0 Å². The van der Waals surface area contributed by atoms with Crippen molar-refractivity contribution in [3.8, 4) is 0 Å². The van der Waals surface area contributed by atoms with Gasteiger partial charge in [0.1, 0.15) is 5.82 Å². The molecule has 1 saturated carbocycles. The van der Waals surface area contributed by atoms with Gasteiger partial charge in [-0.1, -0.05) is 0 Å². The lowest BCUT2D eigenvalue weighted by Crippen LogP contribution is -2.08. The van der Waals surface area contributed by atoms with E-state index in [0.29, 0.717) is 6.04 Å². The van der Waals surface area contributed by atoms with Crippen LogP contribution in [0.2, 0.25) is 0 Å². The van der Waals surface area contributed by atoms with Gasteiger partial charge < -0.3 is 10.7 Å². The molecule has 1 aromatic rings. The first-order valence-electron chi connectivity index (χ1n) is 4.08. The number of hydrazine groups is 1. The third kappa shape index (κ3) is 1.65. The van der Waals surface area contributed by atoms with E-state index in [1.807, 2.05) is 12.1 Å². The highest BCUT2D eigenvalue weighted by Gasteiger charge is 2.20. The van der Waals surface area contributed by atoms with Crippen molar-refractivity contribution in [2.45, 2.75) is 18.9 Å². The molecule has 12 heavy (non-hydrogen) atoms. The molecule has 0 spiro atoms. The number of nitrogens with two attached hydrogens (primary N) is 1. The second-order valence-electron chi connectivity index (χ2n) is 3.00. The summed E-state index contributed by atoms with van der Waals surface area (Å²) in [4.78, 5) is 4.18. The molecule has 1 aliphatic carbocycles. The molecule has 1 heterocycles. The zero-order valence-corrected chi connectivity index (χ0v) is 6.75. The van der Waals surface area contributed by atoms with Crippen molar-refractivity contribution in [3.05, 3.63) is 18.3 Å². The van der Waals surface area contributed by atoms with Crippen molar-refractivity contribution in [2.75, 3.05) is 10.7 Å². The highest BCUT2D eigenvalue weighted by Crippen LogP contribution is 2.23. The van der Waals surface area contributed by atoms with Crippen LogP contribution in [0.4, 0.5) is 11.5 Å². The van der Waals surface area contributed by atoms with E-state index >= 15 is 0 Å². The number of hydrogen-bond acceptors (Lipinski definition) is 4. The zero-order chi connectivity index (χ0) is 8.39. The smallest absolute Gasteiger partial charge is 0.126 e. The normalized spacial score (nSPS) is 15.8. The van der Waals surface area contributed by atoms with Crippen molar-refractivity contribution >= 4 is 11.5 Å². The summed E-state index contributed by atoms with van der Waals surface area (Å²) in [7, 11) is 0. The molecular formula is C8H12N4. The van der Waals surface area contributed by atoms with Gasteiger partial charge in [0.15, 0.2) is 0 Å². The van der Waals surface area contributed by atoms with Gasteiger partial charge in [-0.15, -0.1) is 0 Å². The molecule has 0 aliphatic heterocycles. The van der Waals surface area contributed by atoms with Gasteiger partial charge in [-0.25, -0.2) is 4.98 Å². The molecule has 4 N–H and O–H groups in total. The first kappa shape index (κ1) is 7.36. The fraction of sp³-hybridized carbons (Fsp3) is 0.375. The molecular weight excluding hydrogens is 152 g/mol. The predicted molar refractivity (Wildman–Crippen MR) is 48.7 cm³/mol. The van der Waals surface area contributed by atoms with Gasteiger partial charge in [-0.2, -0.15) is 0 Å². The Labute approximate surface area is 71.1 Å². The Morgan fingerprint density at radius 1 is 1.42 bits per heavy atom. The number of rotatable bonds is 3. The molecule has 0 amide bonds. The number of aromatic nitrogens is 1. The van der Waals surface area contributed by atoms with E-state index in [1.165, 1.54) is 12.8 Å². The van der Waals surface area contributed by atoms with E-state index in [9.17, 15) is 0 Å². The second-order valence-corrected chi connectivity index (χ2v) is 3.00. The third-order valence-corrected chi connectivity index (χ3v) is 1.86. The Morgan fingerprint density at radius 2 is 2.25 bits per heavy atom. The van der Waals surface area contributed by atoms with Crippen LogP contribution in [0.1, 0.15) is 12.8 Å². The molecule has 1 aliphatic rings. The summed E-state index contributed by atoms with van der Waals surface area (Å²) in [6.45, 7) is 0. The molecule has 2 rings (SSSR count). The topological polar surface area (TPSA) is 63.0 Å². The van der Waals surface area contributed by atoms with E-state index < -0.39 is 0 Å². The molecule has 64 valence electrons. The van der Waals surface area contributed by atoms with Gasteiger partial charge in [0.05, 0.1) is 11.9 Å². The maximum absolute atomic E-state index is 5.20. The van der Waals surface area contributed by atoms with Crippen LogP contribution in [0.15, 0.2) is 18.3 Å². The van der Waals surface area contributed by atoms with Crippen LogP contribution < -0.4 is 16.6 Å². The molecule has 0 atom stereocenters. The molecule has 0 bridgehead atoms. The van der Waals surface area contributed by atoms with E-state index in [4.69, 9.17) is 5.84 Å². The standard InChI is InChI=1S/C8H12N4/c9-12-7-3-4-8(10-5-7)11-6-1-2-6/h3-6,12H,1-2,9H2,(H,10,11). The Balaban J connectivity index is 2.02. The quantitative estimate of drug-likeness (QED) is 0.459. The van der Waals surface area contributed by atoms with Crippen LogP contribution >= 0.6 is 0 Å². The van der Waals surface area contributed by atoms with Crippen LogP contribution in [0.3, 0.4) is 0 Å². The van der Waals surface area contributed by atoms with E-state index in [2.05, 4.69) is 15.7 Å². The average molecular weight is 164 g/mol. The van der Waals surface area contributed by atoms with Crippen molar-refractivity contribution in [3.63, 3.8) is 0 Å². The summed E-state index contributed by atoms with van der Waals surface area (Å²) >= 11 is 0. The molecule has 0 radical (unpaired) electrons. The maximum atomic E-state index is 5.20. The minimum absolute atomic E-state index is 0.647. The number of nitrogens with zero attached hydrogens (tertiary/aromatic N) is 1. The first-order chi connectivity index (χ1) is 5.88. The summed E-state index contributed by atoms with van der Waals surface area (Å²) in [5.41, 5.74) is 3.36. The highest BCUT2D eigenvalue weighted by molar-refractivity contribution is 5.47. The summed E-state index contributed by atoms with van der Waals surface area (Å²) in [5.74, 6) is 6.13. The summed E-state index contributed by atoms with van der Waals surface area (Å²) in [6.07, 6.45) is 4.24. The number of nitrogens with one attached hydrogen (secondary N) is 2. The van der Waals surface area contributed by atoms with Crippen molar-refractivity contribution in [2.24, 2.45) is 5.84 Å². The third-order valence-electron chi connectivity index (χ3n) is 1.86. The van der Waals surface area contributed by atoms with Gasteiger partial charge in [-0.3, -0.25) is 5.84 Å². The minimum atomic E-state index is 0.647. The Morgan fingerprint density at radius 3 is 2.75 bits per heavy atom. The van der Waals surface area contributed by atoms with E-state index in [1.54, 1.807) is 6.20 Å². The molecule has 0 aromatic carbocycles. The number of pyridine rings is 1. The SMILES string of the molecule is NNc1ccc(NC2CC2)nc1. The Hall–Kier alpha value is -1.29. The molecule has 0 saturated heterocycles. The average Bonchev–Trinajstić information content (AvgIpc) is 2.90. The first-order valence-corrected chi connectivity index (χ1v) is 4.08. The minimum Gasteiger partial charge on any atom is -0.367 e. The van der Waals surface area contributed by atoms with Gasteiger partial charge in [0.2, 0.25) is 0 Å². The maximum Gasteiger partial charge on any atom is 0.126 e.